The van der Waals surface area contributed by atoms with Crippen LogP contribution in [0.2, 0.25) is 0 Å². The molecule has 1 aromatic heterocycles. The van der Waals surface area contributed by atoms with E-state index in [0.29, 0.717) is 5.82 Å². The predicted octanol–water partition coefficient (Wildman–Crippen LogP) is 5.23. The molecule has 0 radical (unpaired) electrons. The molecule has 1 amide bonds. The average Bonchev–Trinajstić information content (AvgIpc) is 3.25. The molecule has 0 spiro atoms. The summed E-state index contributed by atoms with van der Waals surface area (Å²) >= 11 is 0. The van der Waals surface area contributed by atoms with Crippen LogP contribution in [0.4, 0.5) is 13.2 Å². The van der Waals surface area contributed by atoms with Crippen molar-refractivity contribution in [1.82, 2.24) is 14.8 Å². The molecular weight excluding hydrogens is 467 g/mol. The first-order chi connectivity index (χ1) is 16.9. The van der Waals surface area contributed by atoms with Crippen LogP contribution in [0.3, 0.4) is 0 Å². The number of hydrogen-bond acceptors (Lipinski definition) is 4. The Balaban J connectivity index is 1.54. The van der Waals surface area contributed by atoms with E-state index in [-0.39, 0.29) is 16.8 Å². The van der Waals surface area contributed by atoms with Gasteiger partial charge in [-0.25, -0.2) is 9.67 Å². The smallest absolute Gasteiger partial charge is 0.363 e. The molecule has 6 nitrogen and oxygen atoms in total. The molecule has 0 aliphatic rings. The molecule has 0 aliphatic heterocycles. The summed E-state index contributed by atoms with van der Waals surface area (Å²) in [6, 6.07) is 19.9. The zero-order valence-corrected chi connectivity index (χ0v) is 20.0. The first kappa shape index (κ1) is 25.1. The van der Waals surface area contributed by atoms with E-state index in [2.05, 4.69) is 23.9 Å². The summed E-state index contributed by atoms with van der Waals surface area (Å²) in [4.78, 5) is 15.5. The Kier molecular flexibility index (Phi) is 6.44. The summed E-state index contributed by atoms with van der Waals surface area (Å²) in [5.41, 5.74) is 14.9. The molecule has 0 fully saturated rings. The molecule has 3 aromatic carbocycles. The van der Waals surface area contributed by atoms with Gasteiger partial charge in [0.05, 0.1) is 5.69 Å². The van der Waals surface area contributed by atoms with Gasteiger partial charge in [0.15, 0.2) is 0 Å². The van der Waals surface area contributed by atoms with Gasteiger partial charge >= 0.3 is 6.18 Å². The van der Waals surface area contributed by atoms with Crippen LogP contribution in [-0.4, -0.2) is 26.8 Å². The summed E-state index contributed by atoms with van der Waals surface area (Å²) in [7, 11) is 0. The number of nitrogens with two attached hydrogens (primary N) is 2. The quantitative estimate of drug-likeness (QED) is 0.384. The normalized spacial score (nSPS) is 13.0. The number of aromatic nitrogens is 3. The SMILES string of the molecule is Cc1nc(C(N)=O)nn1-c1ccc(C(C)(C)c2ccc(-c3ccc(C(N)C(F)(F)F)cc3)cc2)cc1. The van der Waals surface area contributed by atoms with Crippen molar-refractivity contribution in [1.29, 1.82) is 0 Å². The lowest BCUT2D eigenvalue weighted by atomic mass is 9.78. The summed E-state index contributed by atoms with van der Waals surface area (Å²) in [6.45, 7) is 5.96. The van der Waals surface area contributed by atoms with Crippen LogP contribution in [-0.2, 0) is 5.41 Å². The zero-order valence-electron chi connectivity index (χ0n) is 20.0. The second-order valence-electron chi connectivity index (χ2n) is 9.15. The van der Waals surface area contributed by atoms with Crippen LogP contribution in [0.15, 0.2) is 72.8 Å². The highest BCUT2D eigenvalue weighted by Crippen LogP contribution is 2.34. The number of hydrogen-bond donors (Lipinski definition) is 2. The Morgan fingerprint density at radius 2 is 1.33 bits per heavy atom. The monoisotopic (exact) mass is 493 g/mol. The summed E-state index contributed by atoms with van der Waals surface area (Å²) in [6.07, 6.45) is -4.48. The number of rotatable bonds is 6. The van der Waals surface area contributed by atoms with Gasteiger partial charge in [-0.3, -0.25) is 4.79 Å². The number of halogens is 3. The van der Waals surface area contributed by atoms with Crippen molar-refractivity contribution in [3.63, 3.8) is 0 Å². The Morgan fingerprint density at radius 1 is 0.861 bits per heavy atom. The molecule has 0 saturated heterocycles. The van der Waals surface area contributed by atoms with Crippen LogP contribution in [0, 0.1) is 6.92 Å². The predicted molar refractivity (Wildman–Crippen MR) is 132 cm³/mol. The molecule has 0 aliphatic carbocycles. The van der Waals surface area contributed by atoms with Crippen molar-refractivity contribution in [2.75, 3.05) is 0 Å². The van der Waals surface area contributed by atoms with Crippen molar-refractivity contribution >= 4 is 5.91 Å². The minimum Gasteiger partial charge on any atom is -0.363 e. The molecule has 1 unspecified atom stereocenters. The highest BCUT2D eigenvalue weighted by atomic mass is 19.4. The van der Waals surface area contributed by atoms with Gasteiger partial charge in [-0.2, -0.15) is 13.2 Å². The van der Waals surface area contributed by atoms with Crippen LogP contribution in [0.25, 0.3) is 16.8 Å². The van der Waals surface area contributed by atoms with E-state index < -0.39 is 18.1 Å². The molecule has 1 heterocycles. The van der Waals surface area contributed by atoms with Crippen molar-refractivity contribution in [3.05, 3.63) is 101 Å². The fraction of sp³-hybridized carbons (Fsp3) is 0.222. The van der Waals surface area contributed by atoms with Gasteiger partial charge in [0, 0.05) is 5.41 Å². The summed E-state index contributed by atoms with van der Waals surface area (Å²) in [5.74, 6) is -0.159. The van der Waals surface area contributed by atoms with E-state index in [1.165, 1.54) is 12.1 Å². The molecular formula is C27H26F3N5O. The Bertz CT molecular complexity index is 1370. The molecule has 9 heteroatoms. The fourth-order valence-corrected chi connectivity index (χ4v) is 4.08. The number of nitrogens with zero attached hydrogens (tertiary/aromatic N) is 3. The lowest BCUT2D eigenvalue weighted by Crippen LogP contribution is -2.28. The van der Waals surface area contributed by atoms with E-state index >= 15 is 0 Å². The Morgan fingerprint density at radius 3 is 1.78 bits per heavy atom. The third-order valence-electron chi connectivity index (χ3n) is 6.39. The maximum Gasteiger partial charge on any atom is 0.407 e. The Hall–Kier alpha value is -3.98. The van der Waals surface area contributed by atoms with E-state index in [1.54, 1.807) is 23.7 Å². The number of primary amides is 1. The van der Waals surface area contributed by atoms with Crippen LogP contribution < -0.4 is 11.5 Å². The van der Waals surface area contributed by atoms with E-state index in [4.69, 9.17) is 11.5 Å². The third-order valence-corrected chi connectivity index (χ3v) is 6.39. The number of aryl methyl sites for hydroxylation is 1. The minimum absolute atomic E-state index is 0.0272. The topological polar surface area (TPSA) is 99.8 Å². The Labute approximate surface area is 206 Å². The molecule has 36 heavy (non-hydrogen) atoms. The van der Waals surface area contributed by atoms with Gasteiger partial charge in [0.1, 0.15) is 11.9 Å². The first-order valence-electron chi connectivity index (χ1n) is 11.3. The van der Waals surface area contributed by atoms with Crippen molar-refractivity contribution in [2.45, 2.75) is 38.4 Å². The number of alkyl halides is 3. The maximum absolute atomic E-state index is 12.9. The number of benzene rings is 3. The molecule has 4 aromatic rings. The number of carbonyl (C=O) groups excluding carboxylic acids is 1. The highest BCUT2D eigenvalue weighted by molar-refractivity contribution is 5.88. The van der Waals surface area contributed by atoms with E-state index in [0.717, 1.165) is 27.9 Å². The van der Waals surface area contributed by atoms with E-state index in [9.17, 15) is 18.0 Å². The van der Waals surface area contributed by atoms with Gasteiger partial charge in [-0.1, -0.05) is 74.5 Å². The van der Waals surface area contributed by atoms with E-state index in [1.807, 2.05) is 48.5 Å². The molecule has 186 valence electrons. The van der Waals surface area contributed by atoms with Gasteiger partial charge in [-0.15, -0.1) is 5.10 Å². The minimum atomic E-state index is -4.48. The molecule has 4 N–H and O–H groups in total. The van der Waals surface area contributed by atoms with Gasteiger partial charge in [-0.05, 0) is 46.9 Å². The van der Waals surface area contributed by atoms with Gasteiger partial charge in [0.2, 0.25) is 5.82 Å². The summed E-state index contributed by atoms with van der Waals surface area (Å²) in [5, 5.41) is 4.16. The van der Waals surface area contributed by atoms with Crippen LogP contribution in [0.1, 0.15) is 53.0 Å². The van der Waals surface area contributed by atoms with Crippen molar-refractivity contribution in [2.24, 2.45) is 11.5 Å². The molecule has 1 atom stereocenters. The van der Waals surface area contributed by atoms with Gasteiger partial charge < -0.3 is 11.5 Å². The number of carbonyl (C=O) groups is 1. The second-order valence-corrected chi connectivity index (χ2v) is 9.15. The lowest BCUT2D eigenvalue weighted by Gasteiger charge is -2.26. The van der Waals surface area contributed by atoms with Gasteiger partial charge in [0.25, 0.3) is 5.91 Å². The fourth-order valence-electron chi connectivity index (χ4n) is 4.08. The van der Waals surface area contributed by atoms with Crippen molar-refractivity contribution < 1.29 is 18.0 Å². The molecule has 0 saturated carbocycles. The first-order valence-corrected chi connectivity index (χ1v) is 11.3. The maximum atomic E-state index is 12.9. The zero-order chi connectivity index (χ0) is 26.3. The largest absolute Gasteiger partial charge is 0.407 e. The van der Waals surface area contributed by atoms with Crippen molar-refractivity contribution in [3.8, 4) is 16.8 Å². The second kappa shape index (κ2) is 9.23. The average molecular weight is 494 g/mol. The lowest BCUT2D eigenvalue weighted by molar-refractivity contribution is -0.149. The third kappa shape index (κ3) is 4.87. The van der Waals surface area contributed by atoms with Crippen LogP contribution >= 0.6 is 0 Å². The molecule has 4 rings (SSSR count). The molecule has 0 bridgehead atoms. The van der Waals surface area contributed by atoms with Crippen LogP contribution in [0.5, 0.6) is 0 Å². The highest BCUT2D eigenvalue weighted by Gasteiger charge is 2.37. The summed E-state index contributed by atoms with van der Waals surface area (Å²) < 4.78 is 40.2. The number of amides is 1. The standard InChI is InChI=1S/C27H26F3N5O/c1-16-33-25(24(32)36)34-35(16)22-14-12-21(13-15-22)26(2,3)20-10-8-18(9-11-20)17-4-6-19(7-5-17)23(31)27(28,29)30/h4-15,23H,31H2,1-3H3,(H2,32,36).